The minimum Gasteiger partial charge on any atom is -0.336 e. The minimum atomic E-state index is 0.0603. The summed E-state index contributed by atoms with van der Waals surface area (Å²) in [5, 5.41) is 0. The van der Waals surface area contributed by atoms with Gasteiger partial charge in [0.2, 0.25) is 5.91 Å². The van der Waals surface area contributed by atoms with Gasteiger partial charge < -0.3 is 9.80 Å². The molecule has 2 atom stereocenters. The quantitative estimate of drug-likeness (QED) is 0.386. The number of nitrogens with zero attached hydrogens (tertiary/aromatic N) is 2. The largest absolute Gasteiger partial charge is 0.336 e. The predicted molar refractivity (Wildman–Crippen MR) is 62.4 cm³/mol. The van der Waals surface area contributed by atoms with Crippen molar-refractivity contribution in [2.24, 2.45) is 0 Å². The molecule has 1 aliphatic heterocycles. The third kappa shape index (κ3) is 2.37. The maximum atomic E-state index is 11.3. The number of hydrogen-bond acceptors (Lipinski definition) is 2. The monoisotopic (exact) mass is 310 g/mol. The molecule has 1 heterocycles. The lowest BCUT2D eigenvalue weighted by Gasteiger charge is -2.42. The number of halogens is 1. The van der Waals surface area contributed by atoms with Gasteiger partial charge in [-0.15, -0.1) is 0 Å². The highest BCUT2D eigenvalue weighted by Crippen LogP contribution is 2.17. The van der Waals surface area contributed by atoms with Crippen LogP contribution in [0.5, 0.6) is 0 Å². The molecule has 5 heteroatoms. The summed E-state index contributed by atoms with van der Waals surface area (Å²) in [6, 6.07) is 0.252. The van der Waals surface area contributed by atoms with Crippen LogP contribution in [0.25, 0.3) is 0 Å². The predicted octanol–water partition coefficient (Wildman–Crippen LogP) is 1.48. The first-order valence-electron chi connectivity index (χ1n) is 4.66. The van der Waals surface area contributed by atoms with Gasteiger partial charge in [0.1, 0.15) is 0 Å². The van der Waals surface area contributed by atoms with Crippen LogP contribution in [0, 0.1) is 0 Å². The van der Waals surface area contributed by atoms with Gasteiger partial charge in [-0.1, -0.05) is 0 Å². The van der Waals surface area contributed by atoms with Crippen LogP contribution in [0.4, 0.5) is 4.79 Å². The molecule has 1 saturated heterocycles. The van der Waals surface area contributed by atoms with Crippen LogP contribution in [0.3, 0.4) is 0 Å². The van der Waals surface area contributed by atoms with Crippen LogP contribution in [0.2, 0.25) is 0 Å². The molecule has 0 radical (unpaired) electrons. The zero-order valence-electron chi connectivity index (χ0n) is 8.66. The number of amides is 2. The molecule has 0 aliphatic carbocycles. The molecule has 0 spiro atoms. The Kier molecular flexibility index (Phi) is 3.74. The van der Waals surface area contributed by atoms with E-state index in [1.54, 1.807) is 29.5 Å². The molecule has 1 fully saturated rings. The van der Waals surface area contributed by atoms with Crippen molar-refractivity contribution >= 4 is 32.4 Å². The van der Waals surface area contributed by atoms with Crippen molar-refractivity contribution in [3.63, 3.8) is 0 Å². The van der Waals surface area contributed by atoms with E-state index >= 15 is 0 Å². The Bertz CT molecular complexity index is 231. The van der Waals surface area contributed by atoms with Gasteiger partial charge in [0.15, 0.2) is 0 Å². The topological polar surface area (TPSA) is 40.6 Å². The summed E-state index contributed by atoms with van der Waals surface area (Å²) in [6.45, 7) is 6.80. The highest BCUT2D eigenvalue weighted by molar-refractivity contribution is 14.1. The molecule has 14 heavy (non-hydrogen) atoms. The minimum absolute atomic E-state index is 0.0603. The molecule has 0 aromatic heterocycles. The van der Waals surface area contributed by atoms with Gasteiger partial charge >= 0.3 is 0 Å². The van der Waals surface area contributed by atoms with Crippen LogP contribution < -0.4 is 0 Å². The smallest absolute Gasteiger partial charge is 0.283 e. The SMILES string of the molecule is CC(=O)N1CC(C)N(C(=O)I)CC1C. The van der Waals surface area contributed by atoms with Crippen LogP contribution in [0.15, 0.2) is 0 Å². The summed E-state index contributed by atoms with van der Waals surface area (Å²) in [6.07, 6.45) is 0. The number of carbonyl (C=O) groups is 2. The van der Waals surface area contributed by atoms with Crippen molar-refractivity contribution in [3.8, 4) is 0 Å². The molecular formula is C9H15IN2O2. The van der Waals surface area contributed by atoms with Crippen molar-refractivity contribution in [1.29, 1.82) is 0 Å². The fourth-order valence-electron chi connectivity index (χ4n) is 1.81. The van der Waals surface area contributed by atoms with E-state index in [9.17, 15) is 9.59 Å². The lowest BCUT2D eigenvalue weighted by molar-refractivity contribution is -0.133. The van der Waals surface area contributed by atoms with E-state index in [0.29, 0.717) is 13.1 Å². The van der Waals surface area contributed by atoms with E-state index in [0.717, 1.165) is 0 Å². The Morgan fingerprint density at radius 3 is 2.00 bits per heavy atom. The summed E-state index contributed by atoms with van der Waals surface area (Å²) < 4.78 is 0.0603. The first-order valence-corrected chi connectivity index (χ1v) is 5.74. The number of rotatable bonds is 0. The Balaban J connectivity index is 2.71. The molecule has 0 aromatic rings. The Hall–Kier alpha value is -0.330. The van der Waals surface area contributed by atoms with Gasteiger partial charge in [-0.2, -0.15) is 0 Å². The Morgan fingerprint density at radius 2 is 1.57 bits per heavy atom. The van der Waals surface area contributed by atoms with E-state index < -0.39 is 0 Å². The first-order chi connectivity index (χ1) is 6.43. The third-order valence-corrected chi connectivity index (χ3v) is 3.24. The maximum absolute atomic E-state index is 11.3. The first kappa shape index (κ1) is 11.7. The van der Waals surface area contributed by atoms with Crippen molar-refractivity contribution < 1.29 is 9.59 Å². The molecule has 1 aliphatic rings. The van der Waals surface area contributed by atoms with Crippen LogP contribution >= 0.6 is 22.6 Å². The maximum Gasteiger partial charge on any atom is 0.283 e. The lowest BCUT2D eigenvalue weighted by Crippen LogP contribution is -2.58. The molecule has 2 amide bonds. The normalized spacial score (nSPS) is 27.7. The highest BCUT2D eigenvalue weighted by Gasteiger charge is 2.31. The van der Waals surface area contributed by atoms with Crippen LogP contribution in [-0.4, -0.2) is 44.8 Å². The second kappa shape index (κ2) is 4.46. The fourth-order valence-corrected chi connectivity index (χ4v) is 2.48. The van der Waals surface area contributed by atoms with Crippen LogP contribution in [-0.2, 0) is 4.79 Å². The zero-order valence-corrected chi connectivity index (χ0v) is 10.8. The molecule has 2 unspecified atom stereocenters. The van der Waals surface area contributed by atoms with E-state index in [1.807, 2.05) is 23.6 Å². The van der Waals surface area contributed by atoms with Gasteiger partial charge in [0.05, 0.1) is 0 Å². The molecule has 4 nitrogen and oxygen atoms in total. The lowest BCUT2D eigenvalue weighted by atomic mass is 10.1. The van der Waals surface area contributed by atoms with Gasteiger partial charge in [-0.25, -0.2) is 0 Å². The standard InChI is InChI=1S/C9H15IN2O2/c1-6-5-12(9(10)14)7(2)4-11(6)8(3)13/h6-7H,4-5H2,1-3H3. The van der Waals surface area contributed by atoms with Crippen molar-refractivity contribution in [1.82, 2.24) is 9.80 Å². The highest BCUT2D eigenvalue weighted by atomic mass is 127. The Morgan fingerprint density at radius 1 is 1.14 bits per heavy atom. The molecular weight excluding hydrogens is 295 g/mol. The Labute approximate surface area is 97.8 Å². The number of hydrogen-bond donors (Lipinski definition) is 0. The summed E-state index contributed by atoms with van der Waals surface area (Å²) in [5.41, 5.74) is 0. The van der Waals surface area contributed by atoms with E-state index in [-0.39, 0.29) is 21.9 Å². The van der Waals surface area contributed by atoms with E-state index in [2.05, 4.69) is 0 Å². The third-order valence-electron chi connectivity index (χ3n) is 2.62. The van der Waals surface area contributed by atoms with Crippen molar-refractivity contribution in [2.45, 2.75) is 32.9 Å². The van der Waals surface area contributed by atoms with Crippen LogP contribution in [0.1, 0.15) is 20.8 Å². The molecule has 0 saturated carbocycles. The van der Waals surface area contributed by atoms with Crippen molar-refractivity contribution in [3.05, 3.63) is 0 Å². The van der Waals surface area contributed by atoms with E-state index in [1.165, 1.54) is 0 Å². The van der Waals surface area contributed by atoms with Gasteiger partial charge in [0.25, 0.3) is 3.91 Å². The average Bonchev–Trinajstić information content (AvgIpc) is 2.07. The summed E-state index contributed by atoms with van der Waals surface area (Å²) >= 11 is 1.79. The van der Waals surface area contributed by atoms with E-state index in [4.69, 9.17) is 0 Å². The van der Waals surface area contributed by atoms with Gasteiger partial charge in [0, 0.05) is 54.7 Å². The summed E-state index contributed by atoms with van der Waals surface area (Å²) in [7, 11) is 0. The fraction of sp³-hybridized carbons (Fsp3) is 0.778. The van der Waals surface area contributed by atoms with Gasteiger partial charge in [-0.05, 0) is 13.8 Å². The number of piperazine rings is 1. The molecule has 1 rings (SSSR count). The van der Waals surface area contributed by atoms with Crippen molar-refractivity contribution in [2.75, 3.05) is 13.1 Å². The van der Waals surface area contributed by atoms with Gasteiger partial charge in [-0.3, -0.25) is 9.59 Å². The average molecular weight is 310 g/mol. The molecule has 0 N–H and O–H groups in total. The summed E-state index contributed by atoms with van der Waals surface area (Å²) in [5.74, 6) is 0.0879. The number of carbonyl (C=O) groups excluding carboxylic acids is 2. The molecule has 0 bridgehead atoms. The molecule has 0 aromatic carbocycles. The summed E-state index contributed by atoms with van der Waals surface area (Å²) in [4.78, 5) is 26.1. The second-order valence-electron chi connectivity index (χ2n) is 3.77. The zero-order chi connectivity index (χ0) is 10.9. The molecule has 80 valence electrons. The second-order valence-corrected chi connectivity index (χ2v) is 4.70.